The van der Waals surface area contributed by atoms with Gasteiger partial charge < -0.3 is 16.8 Å². The molecule has 1 aliphatic rings. The molecule has 0 radical (unpaired) electrons. The van der Waals surface area contributed by atoms with E-state index in [9.17, 15) is 0 Å². The lowest BCUT2D eigenvalue weighted by Gasteiger charge is -2.11. The van der Waals surface area contributed by atoms with E-state index in [0.29, 0.717) is 0 Å². The highest BCUT2D eigenvalue weighted by molar-refractivity contribution is 7.07. The van der Waals surface area contributed by atoms with Gasteiger partial charge in [0.1, 0.15) is 0 Å². The van der Waals surface area contributed by atoms with Crippen LogP contribution in [-0.4, -0.2) is 26.2 Å². The maximum atomic E-state index is 3.22. The number of rotatable bonds is 0. The van der Waals surface area contributed by atoms with E-state index in [0.717, 1.165) is 26.2 Å². The molecule has 12 heavy (non-hydrogen) atoms. The van der Waals surface area contributed by atoms with E-state index in [1.165, 1.54) is 0 Å². The molecule has 2 heterocycles. The molecule has 4 heteroatoms. The van der Waals surface area contributed by atoms with E-state index in [1.807, 2.05) is 22.9 Å². The summed E-state index contributed by atoms with van der Waals surface area (Å²) in [5.74, 6) is 0. The van der Waals surface area contributed by atoms with Crippen LogP contribution in [-0.2, 0) is 0 Å². The van der Waals surface area contributed by atoms with Crippen LogP contribution in [0.3, 0.4) is 0 Å². The number of hydrogen-bond donors (Lipinski definition) is 3. The summed E-state index contributed by atoms with van der Waals surface area (Å²) in [5.41, 5.74) is 0. The van der Waals surface area contributed by atoms with Crippen LogP contribution in [0.15, 0.2) is 22.9 Å². The summed E-state index contributed by atoms with van der Waals surface area (Å²) in [7, 11) is 0. The molecule has 1 aliphatic heterocycles. The SMILES string of the molecule is C1CNCCN1.N.c1ccsc1. The van der Waals surface area contributed by atoms with Gasteiger partial charge in [-0.15, -0.1) is 0 Å². The Morgan fingerprint density at radius 2 is 1.25 bits per heavy atom. The average molecular weight is 187 g/mol. The van der Waals surface area contributed by atoms with Gasteiger partial charge in [0, 0.05) is 26.2 Å². The van der Waals surface area contributed by atoms with E-state index in [4.69, 9.17) is 0 Å². The number of piperazine rings is 1. The largest absolute Gasteiger partial charge is 0.344 e. The molecule has 0 atom stereocenters. The van der Waals surface area contributed by atoms with Gasteiger partial charge in [0.05, 0.1) is 0 Å². The topological polar surface area (TPSA) is 59.1 Å². The minimum Gasteiger partial charge on any atom is -0.344 e. The normalized spacial score (nSPS) is 15.3. The summed E-state index contributed by atoms with van der Waals surface area (Å²) in [6.45, 7) is 4.56. The molecule has 1 aromatic heterocycles. The molecule has 3 nitrogen and oxygen atoms in total. The Morgan fingerprint density at radius 1 is 0.833 bits per heavy atom. The number of hydrogen-bond acceptors (Lipinski definition) is 4. The van der Waals surface area contributed by atoms with Gasteiger partial charge >= 0.3 is 0 Å². The Labute approximate surface area is 77.8 Å². The number of thiophene rings is 1. The van der Waals surface area contributed by atoms with Crippen LogP contribution in [0.4, 0.5) is 0 Å². The van der Waals surface area contributed by atoms with E-state index >= 15 is 0 Å². The van der Waals surface area contributed by atoms with Crippen molar-refractivity contribution in [2.45, 2.75) is 0 Å². The summed E-state index contributed by atoms with van der Waals surface area (Å²) < 4.78 is 0. The highest BCUT2D eigenvalue weighted by Crippen LogP contribution is 1.91. The first kappa shape index (κ1) is 11.6. The molecule has 0 saturated carbocycles. The molecule has 1 saturated heterocycles. The Morgan fingerprint density at radius 3 is 1.42 bits per heavy atom. The van der Waals surface area contributed by atoms with Gasteiger partial charge in [-0.3, -0.25) is 0 Å². The molecule has 0 spiro atoms. The van der Waals surface area contributed by atoms with Gasteiger partial charge in [0.25, 0.3) is 0 Å². The molecule has 0 bridgehead atoms. The number of nitrogens with one attached hydrogen (secondary N) is 2. The second-order valence-electron chi connectivity index (χ2n) is 2.29. The van der Waals surface area contributed by atoms with Crippen molar-refractivity contribution in [3.05, 3.63) is 22.9 Å². The van der Waals surface area contributed by atoms with Crippen molar-refractivity contribution < 1.29 is 0 Å². The average Bonchev–Trinajstić information content (AvgIpc) is 2.64. The summed E-state index contributed by atoms with van der Waals surface area (Å²) in [4.78, 5) is 0. The third-order valence-corrected chi connectivity index (χ3v) is 2.01. The van der Waals surface area contributed by atoms with Crippen LogP contribution in [0.25, 0.3) is 0 Å². The molecule has 1 fully saturated rings. The van der Waals surface area contributed by atoms with Crippen LogP contribution in [0.5, 0.6) is 0 Å². The first-order valence-electron chi connectivity index (χ1n) is 3.89. The summed E-state index contributed by atoms with van der Waals surface area (Å²) in [6, 6.07) is 4.04. The Hall–Kier alpha value is -0.420. The maximum absolute atomic E-state index is 3.22. The van der Waals surface area contributed by atoms with E-state index < -0.39 is 0 Å². The van der Waals surface area contributed by atoms with E-state index in [1.54, 1.807) is 11.3 Å². The Balaban J connectivity index is 0.000000189. The van der Waals surface area contributed by atoms with Crippen molar-refractivity contribution in [2.75, 3.05) is 26.2 Å². The monoisotopic (exact) mass is 187 g/mol. The summed E-state index contributed by atoms with van der Waals surface area (Å²) >= 11 is 1.71. The van der Waals surface area contributed by atoms with Crippen molar-refractivity contribution >= 4 is 11.3 Å². The van der Waals surface area contributed by atoms with Gasteiger partial charge in [0.15, 0.2) is 0 Å². The van der Waals surface area contributed by atoms with Crippen molar-refractivity contribution in [3.63, 3.8) is 0 Å². The van der Waals surface area contributed by atoms with Crippen LogP contribution >= 0.6 is 11.3 Å². The van der Waals surface area contributed by atoms with Crippen molar-refractivity contribution in [3.8, 4) is 0 Å². The summed E-state index contributed by atoms with van der Waals surface area (Å²) in [5, 5.41) is 10.5. The van der Waals surface area contributed by atoms with Crippen LogP contribution in [0.2, 0.25) is 0 Å². The van der Waals surface area contributed by atoms with Crippen molar-refractivity contribution in [2.24, 2.45) is 0 Å². The predicted molar refractivity (Wildman–Crippen MR) is 55.1 cm³/mol. The highest BCUT2D eigenvalue weighted by atomic mass is 32.1. The molecule has 2 rings (SSSR count). The van der Waals surface area contributed by atoms with Gasteiger partial charge in [-0.05, 0) is 10.8 Å². The molecule has 1 aromatic rings. The van der Waals surface area contributed by atoms with Gasteiger partial charge in [0.2, 0.25) is 0 Å². The fourth-order valence-corrected chi connectivity index (χ4v) is 1.28. The van der Waals surface area contributed by atoms with Crippen LogP contribution in [0, 0.1) is 0 Å². The first-order chi connectivity index (χ1) is 5.50. The summed E-state index contributed by atoms with van der Waals surface area (Å²) in [6.07, 6.45) is 0. The lowest BCUT2D eigenvalue weighted by atomic mass is 10.4. The zero-order valence-corrected chi connectivity index (χ0v) is 8.07. The lowest BCUT2D eigenvalue weighted by molar-refractivity contribution is 0.534. The fraction of sp³-hybridized carbons (Fsp3) is 0.500. The van der Waals surface area contributed by atoms with Gasteiger partial charge in [-0.25, -0.2) is 0 Å². The quantitative estimate of drug-likeness (QED) is 0.570. The van der Waals surface area contributed by atoms with Crippen LogP contribution in [0.1, 0.15) is 0 Å². The Bertz CT molecular complexity index is 121. The molecular weight excluding hydrogens is 170 g/mol. The minimum absolute atomic E-state index is 0. The lowest BCUT2D eigenvalue weighted by Crippen LogP contribution is -2.39. The highest BCUT2D eigenvalue weighted by Gasteiger charge is 1.91. The third-order valence-electron chi connectivity index (χ3n) is 1.38. The fourth-order valence-electron chi connectivity index (χ4n) is 0.830. The van der Waals surface area contributed by atoms with Gasteiger partial charge in [-0.1, -0.05) is 12.1 Å². The molecule has 70 valence electrons. The van der Waals surface area contributed by atoms with Crippen molar-refractivity contribution in [1.82, 2.24) is 16.8 Å². The predicted octanol–water partition coefficient (Wildman–Crippen LogP) is 1.09. The molecule has 0 aliphatic carbocycles. The van der Waals surface area contributed by atoms with Crippen LogP contribution < -0.4 is 16.8 Å². The molecule has 0 amide bonds. The minimum atomic E-state index is 0. The third kappa shape index (κ3) is 6.30. The zero-order chi connectivity index (χ0) is 7.78. The molecule has 0 unspecified atom stereocenters. The second kappa shape index (κ2) is 8.67. The Kier molecular flexibility index (Phi) is 8.37. The molecular formula is C8H17N3S. The van der Waals surface area contributed by atoms with E-state index in [-0.39, 0.29) is 6.15 Å². The van der Waals surface area contributed by atoms with Gasteiger partial charge in [-0.2, -0.15) is 11.3 Å². The zero-order valence-electron chi connectivity index (χ0n) is 7.25. The first-order valence-corrected chi connectivity index (χ1v) is 4.83. The van der Waals surface area contributed by atoms with Crippen molar-refractivity contribution in [1.29, 1.82) is 0 Å². The standard InChI is InChI=1S/C4H10N2.C4H4S.H3N/c1-2-6-4-3-5-1;1-2-4-5-3-1;/h5-6H,1-4H2;1-4H;1H3. The smallest absolute Gasteiger partial charge is 0.00772 e. The molecule has 5 N–H and O–H groups in total. The maximum Gasteiger partial charge on any atom is 0.00772 e. The second-order valence-corrected chi connectivity index (χ2v) is 3.11. The van der Waals surface area contributed by atoms with E-state index in [2.05, 4.69) is 10.6 Å². The molecule has 0 aromatic carbocycles.